The standard InChI is InChI=1S/C12H14N2OS/c1-3-10-12(16-14-13-10)11(15)9-7-5-4-6-8(9)2/h4-7,11,15H,3H2,1-2H3. The molecule has 1 unspecified atom stereocenters. The zero-order chi connectivity index (χ0) is 11.5. The van der Waals surface area contributed by atoms with Gasteiger partial charge in [-0.3, -0.25) is 0 Å². The molecule has 0 amide bonds. The number of nitrogens with zero attached hydrogens (tertiary/aromatic N) is 2. The zero-order valence-corrected chi connectivity index (χ0v) is 10.2. The van der Waals surface area contributed by atoms with Crippen LogP contribution in [0, 0.1) is 6.92 Å². The van der Waals surface area contributed by atoms with E-state index < -0.39 is 6.10 Å². The molecule has 1 heterocycles. The first-order chi connectivity index (χ1) is 7.74. The van der Waals surface area contributed by atoms with Gasteiger partial charge < -0.3 is 5.11 Å². The fourth-order valence-corrected chi connectivity index (χ4v) is 2.45. The van der Waals surface area contributed by atoms with E-state index in [1.165, 1.54) is 11.5 Å². The van der Waals surface area contributed by atoms with E-state index in [1.54, 1.807) is 0 Å². The Morgan fingerprint density at radius 2 is 2.12 bits per heavy atom. The van der Waals surface area contributed by atoms with Crippen LogP contribution in [-0.4, -0.2) is 14.7 Å². The Morgan fingerprint density at radius 1 is 1.38 bits per heavy atom. The predicted molar refractivity (Wildman–Crippen MR) is 64.5 cm³/mol. The van der Waals surface area contributed by atoms with Crippen LogP contribution in [0.2, 0.25) is 0 Å². The van der Waals surface area contributed by atoms with Crippen LogP contribution in [0.3, 0.4) is 0 Å². The third-order valence-corrected chi connectivity index (χ3v) is 3.47. The summed E-state index contributed by atoms with van der Waals surface area (Å²) in [6, 6.07) is 7.85. The van der Waals surface area contributed by atoms with Crippen molar-refractivity contribution in [3.8, 4) is 0 Å². The molecule has 84 valence electrons. The van der Waals surface area contributed by atoms with Gasteiger partial charge in [-0.05, 0) is 36.0 Å². The van der Waals surface area contributed by atoms with Gasteiger partial charge in [0.2, 0.25) is 0 Å². The van der Waals surface area contributed by atoms with Crippen LogP contribution in [0.15, 0.2) is 24.3 Å². The molecule has 3 nitrogen and oxygen atoms in total. The summed E-state index contributed by atoms with van der Waals surface area (Å²) in [4.78, 5) is 0.858. The predicted octanol–water partition coefficient (Wildman–Crippen LogP) is 2.49. The van der Waals surface area contributed by atoms with Crippen molar-refractivity contribution >= 4 is 11.5 Å². The summed E-state index contributed by atoms with van der Waals surface area (Å²) >= 11 is 1.27. The van der Waals surface area contributed by atoms with Crippen LogP contribution in [0.5, 0.6) is 0 Å². The molecule has 4 heteroatoms. The molecule has 1 aromatic carbocycles. The molecule has 0 spiro atoms. The second kappa shape index (κ2) is 4.72. The molecule has 0 aliphatic heterocycles. The van der Waals surface area contributed by atoms with Gasteiger partial charge in [-0.1, -0.05) is 35.7 Å². The highest BCUT2D eigenvalue weighted by Gasteiger charge is 2.18. The smallest absolute Gasteiger partial charge is 0.117 e. The number of hydrogen-bond acceptors (Lipinski definition) is 4. The van der Waals surface area contributed by atoms with Crippen LogP contribution in [0.1, 0.15) is 34.7 Å². The normalized spacial score (nSPS) is 12.7. The van der Waals surface area contributed by atoms with Gasteiger partial charge in [-0.15, -0.1) is 5.10 Å². The highest BCUT2D eigenvalue weighted by Crippen LogP contribution is 2.28. The Morgan fingerprint density at radius 3 is 2.81 bits per heavy atom. The van der Waals surface area contributed by atoms with Gasteiger partial charge in [0.15, 0.2) is 0 Å². The van der Waals surface area contributed by atoms with E-state index in [1.807, 2.05) is 38.1 Å². The van der Waals surface area contributed by atoms with Crippen molar-refractivity contribution in [1.29, 1.82) is 0 Å². The van der Waals surface area contributed by atoms with Crippen molar-refractivity contribution < 1.29 is 5.11 Å². The molecule has 1 aromatic heterocycles. The number of aryl methyl sites for hydroxylation is 2. The van der Waals surface area contributed by atoms with Crippen LogP contribution >= 0.6 is 11.5 Å². The van der Waals surface area contributed by atoms with E-state index in [0.717, 1.165) is 28.1 Å². The molecule has 0 aliphatic rings. The number of aliphatic hydroxyl groups excluding tert-OH is 1. The molecule has 0 saturated carbocycles. The number of rotatable bonds is 3. The summed E-state index contributed by atoms with van der Waals surface area (Å²) in [7, 11) is 0. The zero-order valence-electron chi connectivity index (χ0n) is 9.34. The number of benzene rings is 1. The number of aromatic nitrogens is 2. The second-order valence-corrected chi connectivity index (χ2v) is 4.48. The summed E-state index contributed by atoms with van der Waals surface area (Å²) in [5.41, 5.74) is 2.91. The molecular formula is C12H14N2OS. The third kappa shape index (κ3) is 1.99. The highest BCUT2D eigenvalue weighted by molar-refractivity contribution is 7.05. The van der Waals surface area contributed by atoms with Crippen LogP contribution in [0.25, 0.3) is 0 Å². The Hall–Kier alpha value is -1.26. The average molecular weight is 234 g/mol. The second-order valence-electron chi connectivity index (χ2n) is 3.70. The van der Waals surface area contributed by atoms with Crippen LogP contribution < -0.4 is 0 Å². The summed E-state index contributed by atoms with van der Waals surface area (Å²) in [5, 5.41) is 14.3. The molecule has 0 radical (unpaired) electrons. The summed E-state index contributed by atoms with van der Waals surface area (Å²) in [5.74, 6) is 0. The highest BCUT2D eigenvalue weighted by atomic mass is 32.1. The van der Waals surface area contributed by atoms with E-state index >= 15 is 0 Å². The summed E-state index contributed by atoms with van der Waals surface area (Å²) < 4.78 is 3.90. The molecule has 16 heavy (non-hydrogen) atoms. The van der Waals surface area contributed by atoms with E-state index in [0.29, 0.717) is 0 Å². The lowest BCUT2D eigenvalue weighted by Crippen LogP contribution is -2.02. The fourth-order valence-electron chi connectivity index (χ4n) is 1.70. The van der Waals surface area contributed by atoms with Crippen molar-refractivity contribution in [3.05, 3.63) is 46.0 Å². The van der Waals surface area contributed by atoms with Crippen molar-refractivity contribution in [3.63, 3.8) is 0 Å². The molecule has 2 aromatic rings. The molecule has 0 aliphatic carbocycles. The van der Waals surface area contributed by atoms with Gasteiger partial charge in [0, 0.05) is 0 Å². The van der Waals surface area contributed by atoms with Crippen LogP contribution in [0.4, 0.5) is 0 Å². The van der Waals surface area contributed by atoms with Crippen molar-refractivity contribution in [2.45, 2.75) is 26.4 Å². The summed E-state index contributed by atoms with van der Waals surface area (Å²) in [6.07, 6.45) is 0.200. The van der Waals surface area contributed by atoms with Crippen molar-refractivity contribution in [1.82, 2.24) is 9.59 Å². The minimum atomic E-state index is -0.601. The van der Waals surface area contributed by atoms with E-state index in [-0.39, 0.29) is 0 Å². The lowest BCUT2D eigenvalue weighted by atomic mass is 10.0. The van der Waals surface area contributed by atoms with Gasteiger partial charge >= 0.3 is 0 Å². The maximum Gasteiger partial charge on any atom is 0.117 e. The lowest BCUT2D eigenvalue weighted by Gasteiger charge is -2.12. The van der Waals surface area contributed by atoms with E-state index in [4.69, 9.17) is 0 Å². The Kier molecular flexibility index (Phi) is 3.31. The SMILES string of the molecule is CCc1nnsc1C(O)c1ccccc1C. The fraction of sp³-hybridized carbons (Fsp3) is 0.333. The van der Waals surface area contributed by atoms with Gasteiger partial charge in [-0.25, -0.2) is 0 Å². The summed E-state index contributed by atoms with van der Waals surface area (Å²) in [6.45, 7) is 4.02. The third-order valence-electron chi connectivity index (χ3n) is 2.65. The molecule has 0 fully saturated rings. The van der Waals surface area contributed by atoms with Crippen molar-refractivity contribution in [2.24, 2.45) is 0 Å². The molecule has 1 N–H and O–H groups in total. The topological polar surface area (TPSA) is 46.0 Å². The Balaban J connectivity index is 2.39. The van der Waals surface area contributed by atoms with Crippen molar-refractivity contribution in [2.75, 3.05) is 0 Å². The van der Waals surface area contributed by atoms with Gasteiger partial charge in [0.25, 0.3) is 0 Å². The molecule has 0 saturated heterocycles. The van der Waals surface area contributed by atoms with E-state index in [2.05, 4.69) is 9.59 Å². The average Bonchev–Trinajstić information content (AvgIpc) is 2.77. The van der Waals surface area contributed by atoms with E-state index in [9.17, 15) is 5.11 Å². The Bertz CT molecular complexity index is 481. The molecule has 2 rings (SSSR count). The minimum absolute atomic E-state index is 0.601. The maximum atomic E-state index is 10.3. The minimum Gasteiger partial charge on any atom is -0.383 e. The molecular weight excluding hydrogens is 220 g/mol. The first kappa shape index (κ1) is 11.2. The quantitative estimate of drug-likeness (QED) is 0.887. The monoisotopic (exact) mass is 234 g/mol. The first-order valence-corrected chi connectivity index (χ1v) is 6.06. The largest absolute Gasteiger partial charge is 0.383 e. The van der Waals surface area contributed by atoms with Gasteiger partial charge in [-0.2, -0.15) is 0 Å². The first-order valence-electron chi connectivity index (χ1n) is 5.28. The number of hydrogen-bond donors (Lipinski definition) is 1. The van der Waals surface area contributed by atoms with Gasteiger partial charge in [0.05, 0.1) is 10.6 Å². The lowest BCUT2D eigenvalue weighted by molar-refractivity contribution is 0.222. The number of aliphatic hydroxyl groups is 1. The van der Waals surface area contributed by atoms with Gasteiger partial charge in [0.1, 0.15) is 6.10 Å². The molecule has 1 atom stereocenters. The molecule has 0 bridgehead atoms. The van der Waals surface area contributed by atoms with Crippen LogP contribution in [-0.2, 0) is 6.42 Å². The Labute approximate surface area is 98.9 Å². The maximum absolute atomic E-state index is 10.3.